The van der Waals surface area contributed by atoms with E-state index >= 15 is 0 Å². The van der Waals surface area contributed by atoms with E-state index in [1.807, 2.05) is 19.1 Å². The number of aryl methyl sites for hydroxylation is 1. The van der Waals surface area contributed by atoms with Crippen molar-refractivity contribution in [2.45, 2.75) is 13.5 Å². The van der Waals surface area contributed by atoms with Gasteiger partial charge in [0.25, 0.3) is 11.5 Å². The Bertz CT molecular complexity index is 1030. The van der Waals surface area contributed by atoms with E-state index in [4.69, 9.17) is 0 Å². The molecular formula is C20H16BrFN2O2. The van der Waals surface area contributed by atoms with Gasteiger partial charge in [0.2, 0.25) is 0 Å². The van der Waals surface area contributed by atoms with Crippen molar-refractivity contribution >= 4 is 27.5 Å². The van der Waals surface area contributed by atoms with Crippen molar-refractivity contribution < 1.29 is 9.18 Å². The molecular weight excluding hydrogens is 399 g/mol. The highest BCUT2D eigenvalue weighted by molar-refractivity contribution is 9.10. The average molecular weight is 415 g/mol. The third-order valence-corrected chi connectivity index (χ3v) is 4.87. The van der Waals surface area contributed by atoms with E-state index in [0.29, 0.717) is 11.3 Å². The molecule has 132 valence electrons. The minimum atomic E-state index is -0.500. The lowest BCUT2D eigenvalue weighted by Crippen LogP contribution is -2.29. The maximum absolute atomic E-state index is 13.8. The number of halogens is 2. The second kappa shape index (κ2) is 7.66. The summed E-state index contributed by atoms with van der Waals surface area (Å²) in [6.07, 6.45) is 1.54. The summed E-state index contributed by atoms with van der Waals surface area (Å²) in [5.74, 6) is -0.890. The van der Waals surface area contributed by atoms with Crippen molar-refractivity contribution in [1.29, 1.82) is 0 Å². The number of carbonyl (C=O) groups is 1. The minimum absolute atomic E-state index is 0.00408. The Balaban J connectivity index is 1.86. The van der Waals surface area contributed by atoms with Gasteiger partial charge in [0.15, 0.2) is 0 Å². The molecule has 2 aromatic carbocycles. The molecule has 3 rings (SSSR count). The van der Waals surface area contributed by atoms with Crippen molar-refractivity contribution in [1.82, 2.24) is 4.57 Å². The van der Waals surface area contributed by atoms with Crippen molar-refractivity contribution in [2.75, 3.05) is 5.32 Å². The molecule has 0 aliphatic rings. The molecule has 6 heteroatoms. The SMILES string of the molecule is Cc1cc(NC(=O)c2cccn(Cc3ccccc3F)c2=O)ccc1Br. The lowest BCUT2D eigenvalue weighted by molar-refractivity contribution is 0.102. The molecule has 26 heavy (non-hydrogen) atoms. The fourth-order valence-electron chi connectivity index (χ4n) is 2.57. The molecule has 1 amide bonds. The lowest BCUT2D eigenvalue weighted by Gasteiger charge is -2.10. The topological polar surface area (TPSA) is 51.1 Å². The average Bonchev–Trinajstić information content (AvgIpc) is 2.61. The van der Waals surface area contributed by atoms with E-state index in [-0.39, 0.29) is 17.9 Å². The van der Waals surface area contributed by atoms with Crippen LogP contribution in [0.15, 0.2) is 70.1 Å². The summed E-state index contributed by atoms with van der Waals surface area (Å²) >= 11 is 3.40. The van der Waals surface area contributed by atoms with Crippen LogP contribution in [0.3, 0.4) is 0 Å². The van der Waals surface area contributed by atoms with Gasteiger partial charge in [-0.05, 0) is 48.9 Å². The monoisotopic (exact) mass is 414 g/mol. The fourth-order valence-corrected chi connectivity index (χ4v) is 2.81. The number of hydrogen-bond acceptors (Lipinski definition) is 2. The number of benzene rings is 2. The standard InChI is InChI=1S/C20H16BrFN2O2/c1-13-11-15(8-9-17(13)21)23-19(25)16-6-4-10-24(20(16)26)12-14-5-2-3-7-18(14)22/h2-11H,12H2,1H3,(H,23,25). The third-order valence-electron chi connectivity index (χ3n) is 3.98. The molecule has 0 radical (unpaired) electrons. The Morgan fingerprint density at radius 2 is 1.92 bits per heavy atom. The molecule has 0 aliphatic carbocycles. The number of rotatable bonds is 4. The second-order valence-electron chi connectivity index (χ2n) is 5.86. The molecule has 0 saturated heterocycles. The summed E-state index contributed by atoms with van der Waals surface area (Å²) < 4.78 is 16.1. The first-order valence-electron chi connectivity index (χ1n) is 7.96. The highest BCUT2D eigenvalue weighted by atomic mass is 79.9. The molecule has 1 aromatic heterocycles. The Morgan fingerprint density at radius 1 is 1.15 bits per heavy atom. The summed E-state index contributed by atoms with van der Waals surface area (Å²) in [7, 11) is 0. The number of anilines is 1. The van der Waals surface area contributed by atoms with E-state index in [2.05, 4.69) is 21.2 Å². The molecule has 0 saturated carbocycles. The fraction of sp³-hybridized carbons (Fsp3) is 0.100. The van der Waals surface area contributed by atoms with Crippen LogP contribution >= 0.6 is 15.9 Å². The molecule has 0 spiro atoms. The Labute approximate surface area is 158 Å². The van der Waals surface area contributed by atoms with Gasteiger partial charge in [-0.25, -0.2) is 4.39 Å². The number of pyridine rings is 1. The molecule has 0 fully saturated rings. The smallest absolute Gasteiger partial charge is 0.263 e. The van der Waals surface area contributed by atoms with Gasteiger partial charge in [0, 0.05) is 21.9 Å². The van der Waals surface area contributed by atoms with Crippen LogP contribution in [0.25, 0.3) is 0 Å². The molecule has 3 aromatic rings. The summed E-state index contributed by atoms with van der Waals surface area (Å²) in [4.78, 5) is 25.1. The summed E-state index contributed by atoms with van der Waals surface area (Å²) in [6, 6.07) is 14.7. The molecule has 4 nitrogen and oxygen atoms in total. The Kier molecular flexibility index (Phi) is 5.32. The summed E-state index contributed by atoms with van der Waals surface area (Å²) in [5, 5.41) is 2.72. The number of nitrogens with one attached hydrogen (secondary N) is 1. The molecule has 0 bridgehead atoms. The van der Waals surface area contributed by atoms with Gasteiger partial charge in [-0.1, -0.05) is 34.1 Å². The molecule has 0 unspecified atom stereocenters. The zero-order chi connectivity index (χ0) is 18.7. The van der Waals surface area contributed by atoms with Crippen molar-refractivity contribution in [3.63, 3.8) is 0 Å². The van der Waals surface area contributed by atoms with Gasteiger partial charge in [-0.15, -0.1) is 0 Å². The van der Waals surface area contributed by atoms with E-state index in [9.17, 15) is 14.0 Å². The Morgan fingerprint density at radius 3 is 2.65 bits per heavy atom. The van der Waals surface area contributed by atoms with Gasteiger partial charge >= 0.3 is 0 Å². The van der Waals surface area contributed by atoms with Crippen LogP contribution in [0, 0.1) is 12.7 Å². The van der Waals surface area contributed by atoms with Crippen LogP contribution in [0.1, 0.15) is 21.5 Å². The lowest BCUT2D eigenvalue weighted by atomic mass is 10.2. The molecule has 1 N–H and O–H groups in total. The number of aromatic nitrogens is 1. The number of nitrogens with zero attached hydrogens (tertiary/aromatic N) is 1. The summed E-state index contributed by atoms with van der Waals surface area (Å²) in [5.41, 5.74) is 1.48. The van der Waals surface area contributed by atoms with Gasteiger partial charge in [-0.2, -0.15) is 0 Å². The van der Waals surface area contributed by atoms with E-state index in [1.54, 1.807) is 30.3 Å². The van der Waals surface area contributed by atoms with Crippen molar-refractivity contribution in [3.05, 3.63) is 98.1 Å². The van der Waals surface area contributed by atoms with Crippen LogP contribution in [-0.2, 0) is 6.54 Å². The first-order chi connectivity index (χ1) is 12.5. The van der Waals surface area contributed by atoms with Crippen LogP contribution in [0.4, 0.5) is 10.1 Å². The first-order valence-corrected chi connectivity index (χ1v) is 8.75. The van der Waals surface area contributed by atoms with E-state index < -0.39 is 11.5 Å². The highest BCUT2D eigenvalue weighted by Gasteiger charge is 2.13. The van der Waals surface area contributed by atoms with Crippen LogP contribution in [0.5, 0.6) is 0 Å². The molecule has 1 heterocycles. The van der Waals surface area contributed by atoms with Crippen molar-refractivity contribution in [3.8, 4) is 0 Å². The maximum Gasteiger partial charge on any atom is 0.263 e. The predicted molar refractivity (Wildman–Crippen MR) is 103 cm³/mol. The highest BCUT2D eigenvalue weighted by Crippen LogP contribution is 2.20. The number of amides is 1. The van der Waals surface area contributed by atoms with Crippen molar-refractivity contribution in [2.24, 2.45) is 0 Å². The van der Waals surface area contributed by atoms with Crippen LogP contribution < -0.4 is 10.9 Å². The third kappa shape index (κ3) is 3.91. The zero-order valence-electron chi connectivity index (χ0n) is 14.0. The number of hydrogen-bond donors (Lipinski definition) is 1. The largest absolute Gasteiger partial charge is 0.322 e. The van der Waals surface area contributed by atoms with Gasteiger partial charge in [-0.3, -0.25) is 9.59 Å². The molecule has 0 aliphatic heterocycles. The predicted octanol–water partition coefficient (Wildman–Crippen LogP) is 4.36. The quantitative estimate of drug-likeness (QED) is 0.689. The Hall–Kier alpha value is -2.73. The maximum atomic E-state index is 13.8. The van der Waals surface area contributed by atoms with E-state index in [1.165, 1.54) is 22.9 Å². The normalized spacial score (nSPS) is 10.6. The van der Waals surface area contributed by atoms with Crippen LogP contribution in [0.2, 0.25) is 0 Å². The van der Waals surface area contributed by atoms with Gasteiger partial charge < -0.3 is 9.88 Å². The second-order valence-corrected chi connectivity index (χ2v) is 6.72. The minimum Gasteiger partial charge on any atom is -0.322 e. The van der Waals surface area contributed by atoms with E-state index in [0.717, 1.165) is 10.0 Å². The van der Waals surface area contributed by atoms with Gasteiger partial charge in [0.05, 0.1) is 6.54 Å². The zero-order valence-corrected chi connectivity index (χ0v) is 15.6. The first kappa shape index (κ1) is 18.1. The number of carbonyl (C=O) groups excluding carboxylic acids is 1. The summed E-state index contributed by atoms with van der Waals surface area (Å²) in [6.45, 7) is 1.97. The van der Waals surface area contributed by atoms with Gasteiger partial charge in [0.1, 0.15) is 11.4 Å². The molecule has 0 atom stereocenters. The van der Waals surface area contributed by atoms with Crippen LogP contribution in [-0.4, -0.2) is 10.5 Å².